The predicted molar refractivity (Wildman–Crippen MR) is 59.5 cm³/mol. The van der Waals surface area contributed by atoms with Gasteiger partial charge in [0.2, 0.25) is 5.91 Å². The fraction of sp³-hybridized carbons (Fsp3) is 0.364. The quantitative estimate of drug-likeness (QED) is 0.587. The van der Waals surface area contributed by atoms with Gasteiger partial charge in [-0.1, -0.05) is 19.4 Å². The van der Waals surface area contributed by atoms with Gasteiger partial charge in [-0.25, -0.2) is 5.43 Å². The molecule has 0 atom stereocenters. The van der Waals surface area contributed by atoms with Crippen LogP contribution in [0.25, 0.3) is 0 Å². The Kier molecular flexibility index (Phi) is 5.08. The van der Waals surface area contributed by atoms with E-state index in [-0.39, 0.29) is 5.91 Å². The minimum Gasteiger partial charge on any atom is -0.273 e. The number of aromatic nitrogens is 1. The van der Waals surface area contributed by atoms with Crippen LogP contribution in [0.1, 0.15) is 31.7 Å². The Hall–Kier alpha value is -1.71. The van der Waals surface area contributed by atoms with Crippen molar-refractivity contribution in [2.75, 3.05) is 0 Å². The van der Waals surface area contributed by atoms with Crippen molar-refractivity contribution in [2.24, 2.45) is 5.10 Å². The zero-order valence-corrected chi connectivity index (χ0v) is 8.81. The molecule has 0 aliphatic rings. The van der Waals surface area contributed by atoms with E-state index in [0.717, 1.165) is 18.4 Å². The third-order valence-electron chi connectivity index (χ3n) is 1.84. The van der Waals surface area contributed by atoms with E-state index in [1.54, 1.807) is 18.6 Å². The molecule has 4 heteroatoms. The van der Waals surface area contributed by atoms with Gasteiger partial charge in [0.25, 0.3) is 0 Å². The first kappa shape index (κ1) is 11.4. The second-order valence-electron chi connectivity index (χ2n) is 3.18. The van der Waals surface area contributed by atoms with Gasteiger partial charge in [0.15, 0.2) is 0 Å². The SMILES string of the molecule is CCCCC(=O)N/N=C/c1cccnc1. The highest BCUT2D eigenvalue weighted by Crippen LogP contribution is 1.93. The zero-order valence-electron chi connectivity index (χ0n) is 8.81. The van der Waals surface area contributed by atoms with Crippen molar-refractivity contribution in [3.05, 3.63) is 30.1 Å². The van der Waals surface area contributed by atoms with Crippen LogP contribution in [0.2, 0.25) is 0 Å². The highest BCUT2D eigenvalue weighted by Gasteiger charge is 1.96. The molecule has 1 N–H and O–H groups in total. The second kappa shape index (κ2) is 6.70. The van der Waals surface area contributed by atoms with E-state index in [9.17, 15) is 4.79 Å². The van der Waals surface area contributed by atoms with Crippen molar-refractivity contribution in [3.63, 3.8) is 0 Å². The number of carbonyl (C=O) groups is 1. The number of nitrogens with zero attached hydrogens (tertiary/aromatic N) is 2. The van der Waals surface area contributed by atoms with Crippen molar-refractivity contribution in [3.8, 4) is 0 Å². The van der Waals surface area contributed by atoms with Gasteiger partial charge in [-0.05, 0) is 12.5 Å². The summed E-state index contributed by atoms with van der Waals surface area (Å²) in [6.45, 7) is 2.05. The molecule has 0 saturated heterocycles. The maximum Gasteiger partial charge on any atom is 0.240 e. The lowest BCUT2D eigenvalue weighted by Crippen LogP contribution is -2.16. The number of hydrogen-bond donors (Lipinski definition) is 1. The van der Waals surface area contributed by atoms with E-state index in [1.165, 1.54) is 0 Å². The third kappa shape index (κ3) is 4.90. The first-order valence-corrected chi connectivity index (χ1v) is 5.05. The van der Waals surface area contributed by atoms with Crippen LogP contribution >= 0.6 is 0 Å². The maximum atomic E-state index is 11.2. The summed E-state index contributed by atoms with van der Waals surface area (Å²) in [6, 6.07) is 3.69. The molecule has 0 spiro atoms. The minimum atomic E-state index is -0.0445. The Morgan fingerprint density at radius 1 is 1.67 bits per heavy atom. The lowest BCUT2D eigenvalue weighted by molar-refractivity contribution is -0.121. The summed E-state index contributed by atoms with van der Waals surface area (Å²) >= 11 is 0. The largest absolute Gasteiger partial charge is 0.273 e. The summed E-state index contributed by atoms with van der Waals surface area (Å²) in [4.78, 5) is 15.1. The molecule has 0 aliphatic carbocycles. The van der Waals surface area contributed by atoms with Gasteiger partial charge >= 0.3 is 0 Å². The molecule has 0 saturated carbocycles. The summed E-state index contributed by atoms with van der Waals surface area (Å²) in [6.07, 6.45) is 7.39. The lowest BCUT2D eigenvalue weighted by atomic mass is 10.2. The van der Waals surface area contributed by atoms with E-state index in [0.29, 0.717) is 6.42 Å². The molecule has 1 rings (SSSR count). The Morgan fingerprint density at radius 3 is 3.20 bits per heavy atom. The fourth-order valence-corrected chi connectivity index (χ4v) is 1.02. The number of pyridine rings is 1. The molecule has 1 aromatic heterocycles. The number of hydrogen-bond acceptors (Lipinski definition) is 3. The molecular formula is C11H15N3O. The Bertz CT molecular complexity index is 322. The van der Waals surface area contributed by atoms with Crippen LogP contribution in [0.3, 0.4) is 0 Å². The van der Waals surface area contributed by atoms with Crippen molar-refractivity contribution >= 4 is 12.1 Å². The Balaban J connectivity index is 2.31. The van der Waals surface area contributed by atoms with Gasteiger partial charge in [0.05, 0.1) is 6.21 Å². The van der Waals surface area contributed by atoms with E-state index in [2.05, 4.69) is 15.5 Å². The van der Waals surface area contributed by atoms with Crippen LogP contribution in [-0.4, -0.2) is 17.1 Å². The van der Waals surface area contributed by atoms with Crippen LogP contribution in [0.15, 0.2) is 29.6 Å². The molecule has 0 radical (unpaired) electrons. The van der Waals surface area contributed by atoms with Gasteiger partial charge in [0.1, 0.15) is 0 Å². The molecule has 0 bridgehead atoms. The molecule has 4 nitrogen and oxygen atoms in total. The summed E-state index contributed by atoms with van der Waals surface area (Å²) in [5.74, 6) is -0.0445. The van der Waals surface area contributed by atoms with E-state index in [4.69, 9.17) is 0 Å². The molecule has 80 valence electrons. The summed E-state index contributed by atoms with van der Waals surface area (Å²) in [5, 5.41) is 3.83. The van der Waals surface area contributed by atoms with Crippen molar-refractivity contribution in [1.82, 2.24) is 10.4 Å². The molecule has 1 heterocycles. The summed E-state index contributed by atoms with van der Waals surface area (Å²) in [5.41, 5.74) is 3.34. The molecule has 0 aromatic carbocycles. The molecule has 15 heavy (non-hydrogen) atoms. The van der Waals surface area contributed by atoms with Crippen molar-refractivity contribution < 1.29 is 4.79 Å². The van der Waals surface area contributed by atoms with Gasteiger partial charge in [0, 0.05) is 24.4 Å². The first-order valence-electron chi connectivity index (χ1n) is 5.05. The predicted octanol–water partition coefficient (Wildman–Crippen LogP) is 1.72. The first-order chi connectivity index (χ1) is 7.33. The lowest BCUT2D eigenvalue weighted by Gasteiger charge is -1.97. The van der Waals surface area contributed by atoms with Crippen molar-refractivity contribution in [1.29, 1.82) is 0 Å². The Morgan fingerprint density at radius 2 is 2.53 bits per heavy atom. The molecule has 0 unspecified atom stereocenters. The number of rotatable bonds is 5. The molecule has 1 amide bonds. The van der Waals surface area contributed by atoms with Gasteiger partial charge in [-0.15, -0.1) is 0 Å². The number of amides is 1. The number of nitrogens with one attached hydrogen (secondary N) is 1. The van der Waals surface area contributed by atoms with Crippen LogP contribution in [0.4, 0.5) is 0 Å². The highest BCUT2D eigenvalue weighted by molar-refractivity contribution is 5.81. The maximum absolute atomic E-state index is 11.2. The van der Waals surface area contributed by atoms with Crippen LogP contribution < -0.4 is 5.43 Å². The topological polar surface area (TPSA) is 54.4 Å². The smallest absolute Gasteiger partial charge is 0.240 e. The van der Waals surface area contributed by atoms with Gasteiger partial charge in [-0.2, -0.15) is 5.10 Å². The van der Waals surface area contributed by atoms with Crippen LogP contribution in [-0.2, 0) is 4.79 Å². The fourth-order valence-electron chi connectivity index (χ4n) is 1.02. The van der Waals surface area contributed by atoms with E-state index >= 15 is 0 Å². The van der Waals surface area contributed by atoms with E-state index < -0.39 is 0 Å². The summed E-state index contributed by atoms with van der Waals surface area (Å²) in [7, 11) is 0. The van der Waals surface area contributed by atoms with Crippen LogP contribution in [0, 0.1) is 0 Å². The normalized spacial score (nSPS) is 10.5. The molecule has 0 aliphatic heterocycles. The highest BCUT2D eigenvalue weighted by atomic mass is 16.2. The van der Waals surface area contributed by atoms with Gasteiger partial charge in [-0.3, -0.25) is 9.78 Å². The average Bonchev–Trinajstić information content (AvgIpc) is 2.28. The second-order valence-corrected chi connectivity index (χ2v) is 3.18. The third-order valence-corrected chi connectivity index (χ3v) is 1.84. The number of unbranched alkanes of at least 4 members (excludes halogenated alkanes) is 1. The van der Waals surface area contributed by atoms with Crippen LogP contribution in [0.5, 0.6) is 0 Å². The molecule has 1 aromatic rings. The number of hydrazone groups is 1. The molecule has 0 fully saturated rings. The molecular weight excluding hydrogens is 190 g/mol. The van der Waals surface area contributed by atoms with E-state index in [1.807, 2.05) is 19.1 Å². The minimum absolute atomic E-state index is 0.0445. The monoisotopic (exact) mass is 205 g/mol. The zero-order chi connectivity index (χ0) is 10.9. The Labute approximate surface area is 89.4 Å². The summed E-state index contributed by atoms with van der Waals surface area (Å²) < 4.78 is 0. The number of carbonyl (C=O) groups excluding carboxylic acids is 1. The van der Waals surface area contributed by atoms with Crippen molar-refractivity contribution in [2.45, 2.75) is 26.2 Å². The van der Waals surface area contributed by atoms with Gasteiger partial charge < -0.3 is 0 Å². The standard InChI is InChI=1S/C11H15N3O/c1-2-3-6-11(15)14-13-9-10-5-4-7-12-8-10/h4-5,7-9H,2-3,6H2,1H3,(H,14,15)/b13-9+. The average molecular weight is 205 g/mol.